The molecule has 0 spiro atoms. The number of carbonyl (C=O) groups is 3. The summed E-state index contributed by atoms with van der Waals surface area (Å²) in [6, 6.07) is 40.0. The molecular formula is C49H50N2O5Si2. The van der Waals surface area contributed by atoms with Crippen molar-refractivity contribution in [2.24, 2.45) is 0 Å². The van der Waals surface area contributed by atoms with Gasteiger partial charge in [-0.25, -0.2) is 9.59 Å². The Bertz CT molecular complexity index is 2240. The Morgan fingerprint density at radius 2 is 1.10 bits per heavy atom. The Balaban J connectivity index is 1.20. The third kappa shape index (κ3) is 10.0. The van der Waals surface area contributed by atoms with Gasteiger partial charge in [0, 0.05) is 23.5 Å². The smallest absolute Gasteiger partial charge is 0.407 e. The number of fused-ring (bicyclic) bond motifs is 3. The van der Waals surface area contributed by atoms with Crippen LogP contribution in [0.15, 0.2) is 127 Å². The van der Waals surface area contributed by atoms with Crippen LogP contribution < -0.4 is 10.6 Å². The number of alkyl carbamates (subject to hydrolysis) is 1. The summed E-state index contributed by atoms with van der Waals surface area (Å²) in [4.78, 5) is 39.8. The Labute approximate surface area is 344 Å². The van der Waals surface area contributed by atoms with Crippen LogP contribution in [0.3, 0.4) is 0 Å². The first-order valence-corrected chi connectivity index (χ1v) is 26.6. The molecule has 0 saturated heterocycles. The summed E-state index contributed by atoms with van der Waals surface area (Å²) in [7, 11) is -3.26. The van der Waals surface area contributed by atoms with Gasteiger partial charge in [0.1, 0.15) is 34.3 Å². The van der Waals surface area contributed by atoms with Gasteiger partial charge < -0.3 is 20.5 Å². The first-order valence-electron chi connectivity index (χ1n) is 19.6. The number of amides is 2. The molecule has 0 aromatic heterocycles. The topological polar surface area (TPSA) is 105 Å². The third-order valence-electron chi connectivity index (χ3n) is 9.89. The second-order valence-corrected chi connectivity index (χ2v) is 26.2. The third-order valence-corrected chi connectivity index (χ3v) is 11.6. The number of nitrogens with one attached hydrogen (secondary N) is 2. The lowest BCUT2D eigenvalue weighted by atomic mass is 9.77. The van der Waals surface area contributed by atoms with E-state index in [0.29, 0.717) is 0 Å². The molecule has 0 heterocycles. The number of carboxylic acids is 1. The minimum absolute atomic E-state index is 0.0256. The highest BCUT2D eigenvalue weighted by Crippen LogP contribution is 2.45. The van der Waals surface area contributed by atoms with Crippen LogP contribution in [0.2, 0.25) is 39.3 Å². The van der Waals surface area contributed by atoms with Crippen molar-refractivity contribution < 1.29 is 24.2 Å². The molecule has 1 aliphatic carbocycles. The molecule has 0 unspecified atom stereocenters. The van der Waals surface area contributed by atoms with Gasteiger partial charge in [-0.2, -0.15) is 0 Å². The average molecular weight is 803 g/mol. The summed E-state index contributed by atoms with van der Waals surface area (Å²) in [5.41, 5.74) is 14.2. The summed E-state index contributed by atoms with van der Waals surface area (Å²) in [5, 5.41) is 16.0. The van der Waals surface area contributed by atoms with Crippen LogP contribution in [-0.2, 0) is 19.9 Å². The molecule has 0 aliphatic heterocycles. The zero-order chi connectivity index (χ0) is 41.5. The van der Waals surface area contributed by atoms with E-state index in [2.05, 4.69) is 97.1 Å². The lowest BCUT2D eigenvalue weighted by Gasteiger charge is -2.37. The van der Waals surface area contributed by atoms with Crippen molar-refractivity contribution in [1.82, 2.24) is 10.6 Å². The van der Waals surface area contributed by atoms with Crippen molar-refractivity contribution in [3.63, 3.8) is 0 Å². The molecule has 0 bridgehead atoms. The van der Waals surface area contributed by atoms with E-state index in [1.54, 1.807) is 0 Å². The monoisotopic (exact) mass is 802 g/mol. The van der Waals surface area contributed by atoms with Crippen molar-refractivity contribution >= 4 is 34.1 Å². The molecule has 1 aliphatic rings. The van der Waals surface area contributed by atoms with Gasteiger partial charge in [-0.1, -0.05) is 154 Å². The predicted molar refractivity (Wildman–Crippen MR) is 237 cm³/mol. The van der Waals surface area contributed by atoms with E-state index >= 15 is 0 Å². The highest BCUT2D eigenvalue weighted by atomic mass is 28.3. The van der Waals surface area contributed by atoms with E-state index in [9.17, 15) is 19.5 Å². The maximum absolute atomic E-state index is 13.9. The molecule has 1 atom stereocenters. The molecule has 294 valence electrons. The van der Waals surface area contributed by atoms with Crippen LogP contribution in [0.5, 0.6) is 0 Å². The van der Waals surface area contributed by atoms with Crippen molar-refractivity contribution in [2.75, 3.05) is 6.61 Å². The van der Waals surface area contributed by atoms with Gasteiger partial charge in [0.25, 0.3) is 0 Å². The molecular weight excluding hydrogens is 753 g/mol. The number of aliphatic carboxylic acids is 1. The molecule has 0 radical (unpaired) electrons. The van der Waals surface area contributed by atoms with Gasteiger partial charge in [-0.3, -0.25) is 4.79 Å². The van der Waals surface area contributed by atoms with Crippen LogP contribution in [-0.4, -0.2) is 51.9 Å². The minimum Gasteiger partial charge on any atom is -0.480 e. The number of hydrogen-bond acceptors (Lipinski definition) is 4. The number of carboxylic acid groups (broad SMARTS) is 1. The minimum atomic E-state index is -1.63. The van der Waals surface area contributed by atoms with E-state index in [4.69, 9.17) is 4.74 Å². The summed E-state index contributed by atoms with van der Waals surface area (Å²) in [6.45, 7) is 13.2. The largest absolute Gasteiger partial charge is 0.480 e. The lowest BCUT2D eigenvalue weighted by molar-refractivity contribution is -0.139. The summed E-state index contributed by atoms with van der Waals surface area (Å²) >= 11 is 0. The first-order chi connectivity index (χ1) is 27.6. The van der Waals surface area contributed by atoms with Crippen LogP contribution in [0.4, 0.5) is 4.79 Å². The number of ether oxygens (including phenoxy) is 1. The summed E-state index contributed by atoms with van der Waals surface area (Å²) < 4.78 is 5.82. The lowest BCUT2D eigenvalue weighted by Crippen LogP contribution is -2.48. The van der Waals surface area contributed by atoms with E-state index in [0.717, 1.165) is 50.1 Å². The van der Waals surface area contributed by atoms with E-state index < -0.39 is 39.8 Å². The molecule has 6 rings (SSSR count). The number of benzene rings is 5. The molecule has 58 heavy (non-hydrogen) atoms. The SMILES string of the molecule is C[Si](C)(C)C#Cc1ccc2c(c1)C(COC(=O)N[C@@H](CCC(=O)NC(c1ccccc1)(c1ccccc1)c1ccccc1)C(=O)O)c1cc(C#C[Si](C)(C)C)ccc1-2. The predicted octanol–water partition coefficient (Wildman–Crippen LogP) is 9.32. The molecule has 2 amide bonds. The Morgan fingerprint density at radius 1 is 0.672 bits per heavy atom. The Kier molecular flexibility index (Phi) is 12.6. The average Bonchev–Trinajstić information content (AvgIpc) is 3.51. The molecule has 0 fully saturated rings. The maximum atomic E-state index is 13.9. The Hall–Kier alpha value is -6.14. The molecule has 9 heteroatoms. The Morgan fingerprint density at radius 3 is 1.50 bits per heavy atom. The van der Waals surface area contributed by atoms with Gasteiger partial charge in [-0.15, -0.1) is 11.1 Å². The second-order valence-electron chi connectivity index (χ2n) is 16.7. The normalized spacial score (nSPS) is 12.7. The maximum Gasteiger partial charge on any atom is 0.407 e. The fourth-order valence-electron chi connectivity index (χ4n) is 7.14. The molecule has 5 aromatic rings. The van der Waals surface area contributed by atoms with Crippen LogP contribution in [0, 0.1) is 22.9 Å². The van der Waals surface area contributed by atoms with Crippen LogP contribution in [0.25, 0.3) is 11.1 Å². The van der Waals surface area contributed by atoms with Crippen molar-refractivity contribution in [1.29, 1.82) is 0 Å². The van der Waals surface area contributed by atoms with Crippen molar-refractivity contribution in [3.8, 4) is 34.1 Å². The highest BCUT2D eigenvalue weighted by Gasteiger charge is 2.38. The van der Waals surface area contributed by atoms with Crippen LogP contribution in [0.1, 0.15) is 57.7 Å². The van der Waals surface area contributed by atoms with Crippen molar-refractivity contribution in [3.05, 3.63) is 166 Å². The van der Waals surface area contributed by atoms with E-state index in [-0.39, 0.29) is 31.3 Å². The zero-order valence-corrected chi connectivity index (χ0v) is 36.0. The van der Waals surface area contributed by atoms with E-state index in [1.165, 1.54) is 0 Å². The molecule has 7 nitrogen and oxygen atoms in total. The molecule has 0 saturated carbocycles. The van der Waals surface area contributed by atoms with Gasteiger partial charge in [-0.05, 0) is 69.6 Å². The standard InChI is InChI=1S/C49H50N2O5Si2/c1-57(2,3)30-28-35-22-24-40-41-25-23-36(29-31-58(4,5)6)33-43(41)44(42(40)32-35)34-56-48(55)50-45(47(53)54)26-27-46(52)51-49(37-16-10-7-11-17-37,38-18-12-8-13-19-38)39-20-14-9-15-21-39/h7-25,32-33,44-45H,26-27,34H2,1-6H3,(H,50,55)(H,51,52)(H,53,54)/t45-/m0/s1. The van der Waals surface area contributed by atoms with Crippen LogP contribution >= 0.6 is 0 Å². The fraction of sp³-hybridized carbons (Fsp3) is 0.245. The van der Waals surface area contributed by atoms with Crippen molar-refractivity contribution in [2.45, 2.75) is 69.6 Å². The highest BCUT2D eigenvalue weighted by molar-refractivity contribution is 6.84. The quantitative estimate of drug-likeness (QED) is 0.0702. The second kappa shape index (κ2) is 17.6. The summed E-state index contributed by atoms with van der Waals surface area (Å²) in [5.74, 6) is 4.75. The van der Waals surface area contributed by atoms with Gasteiger partial charge in [0.15, 0.2) is 0 Å². The van der Waals surface area contributed by atoms with Gasteiger partial charge in [0.2, 0.25) is 5.91 Å². The molecule has 3 N–H and O–H groups in total. The van der Waals surface area contributed by atoms with Gasteiger partial charge in [0.05, 0.1) is 0 Å². The number of rotatable bonds is 11. The van der Waals surface area contributed by atoms with E-state index in [1.807, 2.05) is 103 Å². The number of hydrogen-bond donors (Lipinski definition) is 3. The molecule has 5 aromatic carbocycles. The fourth-order valence-corrected chi connectivity index (χ4v) is 8.18. The van der Waals surface area contributed by atoms with Gasteiger partial charge >= 0.3 is 12.1 Å². The first kappa shape index (κ1) is 41.5. The summed E-state index contributed by atoms with van der Waals surface area (Å²) in [6.07, 6.45) is -1.20. The number of carbonyl (C=O) groups excluding carboxylic acids is 2. The zero-order valence-electron chi connectivity index (χ0n) is 34.0.